The molecule has 136 valence electrons. The van der Waals surface area contributed by atoms with Crippen LogP contribution in [0.4, 0.5) is 0 Å². The first kappa shape index (κ1) is 19.3. The van der Waals surface area contributed by atoms with Crippen LogP contribution in [0, 0.1) is 0 Å². The zero-order chi connectivity index (χ0) is 17.3. The Morgan fingerprint density at radius 2 is 1.35 bits per heavy atom. The fourth-order valence-corrected chi connectivity index (χ4v) is 2.90. The monoisotopic (exact) mass is 358 g/mol. The van der Waals surface area contributed by atoms with Crippen LogP contribution in [0.2, 0.25) is 0 Å². The zero-order valence-electron chi connectivity index (χ0n) is 12.0. The van der Waals surface area contributed by atoms with Crippen molar-refractivity contribution in [1.82, 2.24) is 0 Å². The lowest BCUT2D eigenvalue weighted by atomic mass is 9.97. The van der Waals surface area contributed by atoms with Crippen molar-refractivity contribution >= 4 is 12.6 Å². The van der Waals surface area contributed by atoms with Crippen LogP contribution in [0.25, 0.3) is 0 Å². The molecule has 2 aliphatic heterocycles. The van der Waals surface area contributed by atoms with E-state index in [1.807, 2.05) is 0 Å². The molecule has 2 aliphatic rings. The molecule has 23 heavy (non-hydrogen) atoms. The molecular weight excluding hydrogens is 336 g/mol. The molecule has 11 heteroatoms. The maximum atomic E-state index is 10.1. The SMILES string of the molecule is OC[C@H]1O[C@@H](O[C@H]2[C@H](O)[C@@H](O)[C@H](S)O[C@@H]2CO)[C@H](O)[C@@H](O)[C@H]1O. The summed E-state index contributed by atoms with van der Waals surface area (Å²) in [7, 11) is 0. The van der Waals surface area contributed by atoms with Crippen molar-refractivity contribution in [1.29, 1.82) is 0 Å². The Morgan fingerprint density at radius 1 is 0.739 bits per heavy atom. The molecule has 0 spiro atoms. The summed E-state index contributed by atoms with van der Waals surface area (Å²) in [5.41, 5.74) is -1.04. The van der Waals surface area contributed by atoms with Crippen LogP contribution in [0.5, 0.6) is 0 Å². The van der Waals surface area contributed by atoms with E-state index in [1.165, 1.54) is 0 Å². The lowest BCUT2D eigenvalue weighted by Gasteiger charge is -2.45. The van der Waals surface area contributed by atoms with Gasteiger partial charge in [-0.1, -0.05) is 0 Å². The van der Waals surface area contributed by atoms with E-state index in [4.69, 9.17) is 19.3 Å². The Hall–Kier alpha value is -0.0500. The highest BCUT2D eigenvalue weighted by molar-refractivity contribution is 7.80. The third-order valence-corrected chi connectivity index (χ3v) is 4.41. The van der Waals surface area contributed by atoms with E-state index in [-0.39, 0.29) is 0 Å². The van der Waals surface area contributed by atoms with E-state index >= 15 is 0 Å². The van der Waals surface area contributed by atoms with Crippen LogP contribution in [-0.2, 0) is 14.2 Å². The fourth-order valence-electron chi connectivity index (χ4n) is 2.57. The molecular formula is C12H22O10S. The van der Waals surface area contributed by atoms with Crippen molar-refractivity contribution in [3.05, 3.63) is 0 Å². The van der Waals surface area contributed by atoms with Gasteiger partial charge in [0.1, 0.15) is 54.3 Å². The number of aliphatic hydroxyl groups excluding tert-OH is 7. The highest BCUT2D eigenvalue weighted by atomic mass is 32.1. The number of ether oxygens (including phenoxy) is 3. The van der Waals surface area contributed by atoms with Gasteiger partial charge >= 0.3 is 0 Å². The van der Waals surface area contributed by atoms with E-state index in [0.717, 1.165) is 0 Å². The number of hydrogen-bond acceptors (Lipinski definition) is 11. The van der Waals surface area contributed by atoms with Crippen LogP contribution in [0.15, 0.2) is 0 Å². The van der Waals surface area contributed by atoms with Gasteiger partial charge in [0.05, 0.1) is 13.2 Å². The second-order valence-electron chi connectivity index (χ2n) is 5.53. The molecule has 0 bridgehead atoms. The predicted octanol–water partition coefficient (Wildman–Crippen LogP) is -4.46. The molecule has 0 aliphatic carbocycles. The summed E-state index contributed by atoms with van der Waals surface area (Å²) in [5.74, 6) is 0. The Balaban J connectivity index is 2.11. The smallest absolute Gasteiger partial charge is 0.187 e. The topological polar surface area (TPSA) is 169 Å². The minimum atomic E-state index is -1.68. The zero-order valence-corrected chi connectivity index (χ0v) is 12.9. The van der Waals surface area contributed by atoms with Gasteiger partial charge in [-0.3, -0.25) is 0 Å². The number of thiol groups is 1. The van der Waals surface area contributed by atoms with Crippen LogP contribution >= 0.6 is 12.6 Å². The lowest BCUT2D eigenvalue weighted by Crippen LogP contribution is -2.63. The first-order valence-corrected chi connectivity index (χ1v) is 7.60. The normalized spacial score (nSPS) is 51.7. The van der Waals surface area contributed by atoms with Crippen LogP contribution in [0.3, 0.4) is 0 Å². The third kappa shape index (κ3) is 3.80. The maximum absolute atomic E-state index is 10.1. The van der Waals surface area contributed by atoms with E-state index in [1.54, 1.807) is 0 Å². The van der Waals surface area contributed by atoms with E-state index in [2.05, 4.69) is 12.6 Å². The standard InChI is InChI=1S/C12H22O10S/c13-1-3-5(15)6(16)8(18)11(20-3)22-10-4(2-14)21-12(23)9(19)7(10)17/h3-19,23H,1-2H2/t3-,4-,5+,6+,7-,8-,9-,10-,11+,12+/m1/s1. The van der Waals surface area contributed by atoms with Gasteiger partial charge in [0.25, 0.3) is 0 Å². The second-order valence-corrected chi connectivity index (χ2v) is 6.04. The summed E-state index contributed by atoms with van der Waals surface area (Å²) in [5, 5.41) is 67.6. The van der Waals surface area contributed by atoms with Gasteiger partial charge in [0, 0.05) is 0 Å². The largest absolute Gasteiger partial charge is 0.394 e. The average molecular weight is 358 g/mol. The van der Waals surface area contributed by atoms with Crippen molar-refractivity contribution in [3.8, 4) is 0 Å². The minimum absolute atomic E-state index is 0.567. The summed E-state index contributed by atoms with van der Waals surface area (Å²) in [4.78, 5) is 0. The molecule has 10 nitrogen and oxygen atoms in total. The molecule has 0 aromatic heterocycles. The first-order valence-electron chi connectivity index (χ1n) is 7.08. The van der Waals surface area contributed by atoms with E-state index in [9.17, 15) is 30.6 Å². The maximum Gasteiger partial charge on any atom is 0.187 e. The van der Waals surface area contributed by atoms with Gasteiger partial charge in [-0.05, 0) is 0 Å². The van der Waals surface area contributed by atoms with Gasteiger partial charge in [0.2, 0.25) is 0 Å². The molecule has 0 amide bonds. The van der Waals surface area contributed by atoms with Gasteiger partial charge in [-0.2, -0.15) is 0 Å². The Bertz CT molecular complexity index is 383. The molecule has 2 heterocycles. The first-order chi connectivity index (χ1) is 10.8. The molecule has 0 radical (unpaired) electrons. The van der Waals surface area contributed by atoms with Crippen LogP contribution in [-0.4, -0.2) is 110 Å². The fraction of sp³-hybridized carbons (Fsp3) is 1.00. The quantitative estimate of drug-likeness (QED) is 0.229. The van der Waals surface area contributed by atoms with Crippen molar-refractivity contribution < 1.29 is 50.0 Å². The average Bonchev–Trinajstić information content (AvgIpc) is 2.55. The van der Waals surface area contributed by atoms with Crippen LogP contribution in [0.1, 0.15) is 0 Å². The summed E-state index contributed by atoms with van der Waals surface area (Å²) < 4.78 is 15.7. The molecule has 10 atom stereocenters. The lowest BCUT2D eigenvalue weighted by molar-refractivity contribution is -0.338. The summed E-state index contributed by atoms with van der Waals surface area (Å²) in [6, 6.07) is 0. The molecule has 0 saturated carbocycles. The van der Waals surface area contributed by atoms with Gasteiger partial charge < -0.3 is 50.0 Å². The van der Waals surface area contributed by atoms with Gasteiger partial charge in [0.15, 0.2) is 6.29 Å². The molecule has 0 unspecified atom stereocenters. The molecule has 0 aromatic rings. The minimum Gasteiger partial charge on any atom is -0.394 e. The number of hydrogen-bond donors (Lipinski definition) is 8. The Morgan fingerprint density at radius 3 is 1.91 bits per heavy atom. The van der Waals surface area contributed by atoms with Crippen molar-refractivity contribution in [3.63, 3.8) is 0 Å². The van der Waals surface area contributed by atoms with Gasteiger partial charge in [-0.25, -0.2) is 0 Å². The second kappa shape index (κ2) is 7.89. The third-order valence-electron chi connectivity index (χ3n) is 3.98. The van der Waals surface area contributed by atoms with Crippen molar-refractivity contribution in [2.45, 2.75) is 60.6 Å². The van der Waals surface area contributed by atoms with Crippen LogP contribution < -0.4 is 0 Å². The highest BCUT2D eigenvalue weighted by Gasteiger charge is 2.49. The molecule has 2 fully saturated rings. The number of rotatable bonds is 4. The summed E-state index contributed by atoms with van der Waals surface area (Å²) >= 11 is 3.92. The van der Waals surface area contributed by atoms with E-state index < -0.39 is 73.8 Å². The van der Waals surface area contributed by atoms with Crippen molar-refractivity contribution in [2.75, 3.05) is 13.2 Å². The summed E-state index contributed by atoms with van der Waals surface area (Å²) in [6.45, 7) is -1.21. The highest BCUT2D eigenvalue weighted by Crippen LogP contribution is 2.29. The predicted molar refractivity (Wildman–Crippen MR) is 75.4 cm³/mol. The molecule has 2 rings (SSSR count). The molecule has 0 aromatic carbocycles. The molecule has 2 saturated heterocycles. The summed E-state index contributed by atoms with van der Waals surface area (Å²) in [6.07, 6.45) is -12.9. The number of aliphatic hydroxyl groups is 7. The van der Waals surface area contributed by atoms with Crippen molar-refractivity contribution in [2.24, 2.45) is 0 Å². The Labute approximate surface area is 137 Å². The molecule has 7 N–H and O–H groups in total. The Kier molecular flexibility index (Phi) is 6.61. The van der Waals surface area contributed by atoms with Gasteiger partial charge in [-0.15, -0.1) is 12.6 Å². The van der Waals surface area contributed by atoms with E-state index in [0.29, 0.717) is 0 Å².